The molecule has 1 amide bonds. The van der Waals surface area contributed by atoms with Crippen molar-refractivity contribution in [1.29, 1.82) is 0 Å². The van der Waals surface area contributed by atoms with Gasteiger partial charge in [-0.1, -0.05) is 48.5 Å². The maximum absolute atomic E-state index is 11.6. The van der Waals surface area contributed by atoms with Crippen LogP contribution in [0.2, 0.25) is 0 Å². The van der Waals surface area contributed by atoms with Gasteiger partial charge in [-0.25, -0.2) is 0 Å². The summed E-state index contributed by atoms with van der Waals surface area (Å²) in [6.07, 6.45) is 0.858. The summed E-state index contributed by atoms with van der Waals surface area (Å²) < 4.78 is 0. The van der Waals surface area contributed by atoms with E-state index in [2.05, 4.69) is 36.4 Å². The highest BCUT2D eigenvalue weighted by Crippen LogP contribution is 2.65. The van der Waals surface area contributed by atoms with E-state index in [1.165, 1.54) is 22.3 Å². The third kappa shape index (κ3) is 0.969. The van der Waals surface area contributed by atoms with Gasteiger partial charge in [0.25, 0.3) is 0 Å². The number of nitrogens with two attached hydrogens (primary N) is 1. The average Bonchev–Trinajstić information content (AvgIpc) is 3.09. The summed E-state index contributed by atoms with van der Waals surface area (Å²) in [6, 6.07) is 16.7. The summed E-state index contributed by atoms with van der Waals surface area (Å²) >= 11 is 0. The van der Waals surface area contributed by atoms with Crippen LogP contribution in [0, 0.1) is 5.92 Å². The summed E-state index contributed by atoms with van der Waals surface area (Å²) in [5.41, 5.74) is 10.5. The van der Waals surface area contributed by atoms with Crippen LogP contribution < -0.4 is 5.73 Å². The average molecular weight is 235 g/mol. The maximum Gasteiger partial charge on any atom is 0.221 e. The summed E-state index contributed by atoms with van der Waals surface area (Å²) in [5, 5.41) is 0. The lowest BCUT2D eigenvalue weighted by atomic mass is 9.91. The van der Waals surface area contributed by atoms with E-state index < -0.39 is 0 Å². The van der Waals surface area contributed by atoms with Crippen molar-refractivity contribution in [3.05, 3.63) is 59.7 Å². The molecule has 88 valence electrons. The smallest absolute Gasteiger partial charge is 0.221 e. The largest absolute Gasteiger partial charge is 0.369 e. The zero-order chi connectivity index (χ0) is 12.3. The first-order chi connectivity index (χ1) is 8.75. The third-order valence-corrected chi connectivity index (χ3v) is 4.41. The molecule has 4 rings (SSSR count). The van der Waals surface area contributed by atoms with Crippen LogP contribution in [0.1, 0.15) is 17.5 Å². The van der Waals surface area contributed by atoms with Gasteiger partial charge in [0.05, 0.1) is 5.92 Å². The fourth-order valence-corrected chi connectivity index (χ4v) is 3.56. The minimum absolute atomic E-state index is 0.0395. The Kier molecular flexibility index (Phi) is 1.66. The van der Waals surface area contributed by atoms with Crippen molar-refractivity contribution in [2.75, 3.05) is 0 Å². The molecule has 0 radical (unpaired) electrons. The van der Waals surface area contributed by atoms with E-state index in [1.807, 2.05) is 12.1 Å². The summed E-state index contributed by atoms with van der Waals surface area (Å²) in [4.78, 5) is 11.6. The van der Waals surface area contributed by atoms with Gasteiger partial charge >= 0.3 is 0 Å². The van der Waals surface area contributed by atoms with Crippen molar-refractivity contribution < 1.29 is 4.79 Å². The van der Waals surface area contributed by atoms with Gasteiger partial charge in [-0.3, -0.25) is 4.79 Å². The van der Waals surface area contributed by atoms with Crippen LogP contribution in [-0.4, -0.2) is 5.91 Å². The number of hydrogen-bond acceptors (Lipinski definition) is 1. The number of primary amides is 1. The van der Waals surface area contributed by atoms with Crippen LogP contribution in [0.15, 0.2) is 48.5 Å². The second-order valence-electron chi connectivity index (χ2n) is 5.22. The van der Waals surface area contributed by atoms with Crippen molar-refractivity contribution in [1.82, 2.24) is 0 Å². The van der Waals surface area contributed by atoms with Crippen LogP contribution >= 0.6 is 0 Å². The minimum atomic E-state index is -0.179. The Hall–Kier alpha value is -2.09. The van der Waals surface area contributed by atoms with Gasteiger partial charge in [0.2, 0.25) is 5.91 Å². The number of fused-ring (bicyclic) bond motifs is 5. The second kappa shape index (κ2) is 3.02. The van der Waals surface area contributed by atoms with E-state index in [0.717, 1.165) is 6.42 Å². The van der Waals surface area contributed by atoms with Gasteiger partial charge in [-0.15, -0.1) is 0 Å². The molecule has 0 aliphatic heterocycles. The van der Waals surface area contributed by atoms with Gasteiger partial charge in [0.1, 0.15) is 0 Å². The van der Waals surface area contributed by atoms with Crippen molar-refractivity contribution in [2.24, 2.45) is 11.7 Å². The topological polar surface area (TPSA) is 43.1 Å². The number of amides is 1. The van der Waals surface area contributed by atoms with E-state index in [9.17, 15) is 4.79 Å². The SMILES string of the molecule is NC(=O)[C@H]1CC12c1ccccc1-c1ccccc12. The monoisotopic (exact) mass is 235 g/mol. The molecule has 1 fully saturated rings. The molecular formula is C16H13NO. The molecule has 2 N–H and O–H groups in total. The minimum Gasteiger partial charge on any atom is -0.369 e. The Morgan fingerprint density at radius 1 is 1.00 bits per heavy atom. The summed E-state index contributed by atoms with van der Waals surface area (Å²) in [6.45, 7) is 0. The zero-order valence-corrected chi connectivity index (χ0v) is 9.89. The van der Waals surface area contributed by atoms with Crippen molar-refractivity contribution in [3.63, 3.8) is 0 Å². The van der Waals surface area contributed by atoms with Gasteiger partial charge in [-0.2, -0.15) is 0 Å². The lowest BCUT2D eigenvalue weighted by Gasteiger charge is -2.12. The van der Waals surface area contributed by atoms with E-state index in [-0.39, 0.29) is 17.2 Å². The standard InChI is InChI=1S/C16H13NO/c17-15(18)14-9-16(14)12-7-3-1-5-10(12)11-6-2-4-8-13(11)16/h1-8,14H,9H2,(H2,17,18)/t14-/m1/s1. The second-order valence-corrected chi connectivity index (χ2v) is 5.22. The molecule has 1 atom stereocenters. The molecule has 0 aromatic heterocycles. The van der Waals surface area contributed by atoms with E-state index in [0.29, 0.717) is 0 Å². The highest BCUT2D eigenvalue weighted by molar-refractivity contribution is 5.91. The van der Waals surface area contributed by atoms with E-state index in [4.69, 9.17) is 5.73 Å². The Morgan fingerprint density at radius 3 is 1.94 bits per heavy atom. The molecule has 1 saturated carbocycles. The van der Waals surface area contributed by atoms with Crippen LogP contribution in [-0.2, 0) is 10.2 Å². The normalized spacial score (nSPS) is 21.4. The molecule has 1 spiro atoms. The molecular weight excluding hydrogens is 222 g/mol. The van der Waals surface area contributed by atoms with E-state index in [1.54, 1.807) is 0 Å². The van der Waals surface area contributed by atoms with Crippen LogP contribution in [0.4, 0.5) is 0 Å². The number of carbonyl (C=O) groups is 1. The Balaban J connectivity index is 2.03. The molecule has 0 heterocycles. The molecule has 2 aromatic carbocycles. The fraction of sp³-hybridized carbons (Fsp3) is 0.188. The summed E-state index contributed by atoms with van der Waals surface area (Å²) in [5.74, 6) is -0.219. The zero-order valence-electron chi connectivity index (χ0n) is 9.89. The van der Waals surface area contributed by atoms with Gasteiger partial charge in [0.15, 0.2) is 0 Å². The van der Waals surface area contributed by atoms with Crippen molar-refractivity contribution >= 4 is 5.91 Å². The van der Waals surface area contributed by atoms with Crippen molar-refractivity contribution in [3.8, 4) is 11.1 Å². The van der Waals surface area contributed by atoms with Gasteiger partial charge in [-0.05, 0) is 28.7 Å². The van der Waals surface area contributed by atoms with Crippen molar-refractivity contribution in [2.45, 2.75) is 11.8 Å². The Labute approximate surface area is 105 Å². The Bertz CT molecular complexity index is 629. The number of hydrogen-bond donors (Lipinski definition) is 1. The van der Waals surface area contributed by atoms with Gasteiger partial charge < -0.3 is 5.73 Å². The predicted octanol–water partition coefficient (Wildman–Crippen LogP) is 2.46. The van der Waals surface area contributed by atoms with Crippen LogP contribution in [0.3, 0.4) is 0 Å². The fourth-order valence-electron chi connectivity index (χ4n) is 3.56. The van der Waals surface area contributed by atoms with Gasteiger partial charge in [0, 0.05) is 5.41 Å². The molecule has 2 aliphatic carbocycles. The number of rotatable bonds is 1. The lowest BCUT2D eigenvalue weighted by Crippen LogP contribution is -2.20. The molecule has 0 saturated heterocycles. The summed E-state index contributed by atoms with van der Waals surface area (Å²) in [7, 11) is 0. The Morgan fingerprint density at radius 2 is 1.50 bits per heavy atom. The molecule has 0 unspecified atom stereocenters. The number of benzene rings is 2. The highest BCUT2D eigenvalue weighted by atomic mass is 16.1. The van der Waals surface area contributed by atoms with Crippen LogP contribution in [0.25, 0.3) is 11.1 Å². The third-order valence-electron chi connectivity index (χ3n) is 4.41. The lowest BCUT2D eigenvalue weighted by molar-refractivity contribution is -0.119. The maximum atomic E-state index is 11.6. The molecule has 0 bridgehead atoms. The first-order valence-electron chi connectivity index (χ1n) is 6.24. The van der Waals surface area contributed by atoms with Crippen LogP contribution in [0.5, 0.6) is 0 Å². The first kappa shape index (κ1) is 9.89. The molecule has 2 nitrogen and oxygen atoms in total. The van der Waals surface area contributed by atoms with E-state index >= 15 is 0 Å². The quantitative estimate of drug-likeness (QED) is 0.810. The highest BCUT2D eigenvalue weighted by Gasteiger charge is 2.63. The molecule has 2 aliphatic rings. The number of carbonyl (C=O) groups excluding carboxylic acids is 1. The molecule has 2 heteroatoms. The first-order valence-corrected chi connectivity index (χ1v) is 6.24. The predicted molar refractivity (Wildman–Crippen MR) is 70.0 cm³/mol. The molecule has 18 heavy (non-hydrogen) atoms. The molecule has 2 aromatic rings.